The Morgan fingerprint density at radius 2 is 1.34 bits per heavy atom. The summed E-state index contributed by atoms with van der Waals surface area (Å²) in [6.45, 7) is 14.7. The van der Waals surface area contributed by atoms with Crippen LogP contribution in [0.2, 0.25) is 13.1 Å². The Morgan fingerprint density at radius 1 is 0.812 bits per heavy atom. The van der Waals surface area contributed by atoms with Gasteiger partial charge >= 0.3 is 121 Å². The van der Waals surface area contributed by atoms with E-state index in [0.29, 0.717) is 0 Å². The quantitative estimate of drug-likeness (QED) is 0.338. The Morgan fingerprint density at radius 3 is 1.72 bits per heavy atom. The molecule has 0 fully saturated rings. The second-order valence-electron chi connectivity index (χ2n) is 9.43. The molecule has 167 valence electrons. The summed E-state index contributed by atoms with van der Waals surface area (Å²) in [6.07, 6.45) is 10.6. The van der Waals surface area contributed by atoms with Gasteiger partial charge in [-0.15, -0.1) is 0 Å². The summed E-state index contributed by atoms with van der Waals surface area (Å²) in [4.78, 5) is 0. The molecule has 32 heavy (non-hydrogen) atoms. The molecule has 2 aliphatic carbocycles. The zero-order valence-electron chi connectivity index (χ0n) is 20.8. The minimum absolute atomic E-state index is 0.519. The van der Waals surface area contributed by atoms with Crippen LogP contribution in [-0.4, -0.2) is 5.92 Å². The molecule has 1 unspecified atom stereocenters. The summed E-state index contributed by atoms with van der Waals surface area (Å²) in [5, 5.41) is 0. The number of allylic oxidation sites excluding steroid dienone is 8. The van der Waals surface area contributed by atoms with Crippen LogP contribution in [-0.2, 0) is 33.8 Å². The van der Waals surface area contributed by atoms with Crippen LogP contribution in [0.15, 0.2) is 102 Å². The van der Waals surface area contributed by atoms with Gasteiger partial charge in [0, 0.05) is 0 Å². The molecule has 0 amide bonds. The maximum Gasteiger partial charge on any atom is -0.0238 e. The molecular formula is C30H39SiZr. The molecule has 0 aliphatic heterocycles. The van der Waals surface area contributed by atoms with Crippen LogP contribution in [0.5, 0.6) is 0 Å². The van der Waals surface area contributed by atoms with Crippen LogP contribution in [0.4, 0.5) is 0 Å². The third-order valence-corrected chi connectivity index (χ3v) is 26.7. The van der Waals surface area contributed by atoms with Crippen molar-refractivity contribution in [2.45, 2.75) is 60.1 Å². The van der Waals surface area contributed by atoms with E-state index in [2.05, 4.69) is 120 Å². The molecule has 1 atom stereocenters. The molecule has 0 bridgehead atoms. The van der Waals surface area contributed by atoms with E-state index >= 15 is 0 Å². The van der Waals surface area contributed by atoms with Gasteiger partial charge in [-0.1, -0.05) is 60.7 Å². The monoisotopic (exact) mass is 517 g/mol. The first-order valence-corrected chi connectivity index (χ1v) is 21.7. The van der Waals surface area contributed by atoms with E-state index in [1.165, 1.54) is 17.5 Å². The molecule has 0 saturated carbocycles. The number of rotatable bonds is 6. The van der Waals surface area contributed by atoms with Gasteiger partial charge in [-0.2, -0.15) is 0 Å². The molecule has 2 aromatic rings. The van der Waals surface area contributed by atoms with Crippen LogP contribution in [0.1, 0.15) is 45.2 Å². The number of aryl methyl sites for hydroxylation is 2. The fraction of sp³-hybridized carbons (Fsp3) is 0.333. The molecule has 0 nitrogen and oxygen atoms in total. The predicted molar refractivity (Wildman–Crippen MR) is 141 cm³/mol. The molecule has 4 rings (SSSR count). The summed E-state index contributed by atoms with van der Waals surface area (Å²) in [5.41, 5.74) is 7.73. The van der Waals surface area contributed by atoms with Gasteiger partial charge in [0.05, 0.1) is 0 Å². The van der Waals surface area contributed by atoms with Crippen molar-refractivity contribution >= 4 is 5.92 Å². The maximum atomic E-state index is 2.59. The number of hydrogen-bond acceptors (Lipinski definition) is 0. The van der Waals surface area contributed by atoms with Crippen molar-refractivity contribution in [2.75, 3.05) is 0 Å². The van der Waals surface area contributed by atoms with Gasteiger partial charge in [-0.3, -0.25) is 0 Å². The molecule has 0 N–H and O–H groups in total. The number of benzene rings is 2. The molecule has 0 aromatic heterocycles. The van der Waals surface area contributed by atoms with E-state index in [-0.39, 0.29) is 0 Å². The Balaban J connectivity index is 0.000000186. The van der Waals surface area contributed by atoms with Gasteiger partial charge in [0.15, 0.2) is 0 Å². The van der Waals surface area contributed by atoms with E-state index in [0.717, 1.165) is 18.8 Å². The topological polar surface area (TPSA) is 0 Å². The van der Waals surface area contributed by atoms with Gasteiger partial charge in [-0.05, 0) is 24.0 Å². The zero-order valence-corrected chi connectivity index (χ0v) is 24.4. The Hall–Kier alpha value is -1.50. The summed E-state index contributed by atoms with van der Waals surface area (Å²) in [7, 11) is 0. The summed E-state index contributed by atoms with van der Waals surface area (Å²) >= 11 is -1.49. The van der Waals surface area contributed by atoms with Crippen molar-refractivity contribution in [3.8, 4) is 0 Å². The van der Waals surface area contributed by atoms with E-state index in [1.807, 2.05) is 6.56 Å². The SMILES string of the molecule is CC1=C(C)C(C)[C]([Zr]([C]2=CC=CC2)[SiH](C)C)=C1C.c1ccc(CCc2ccccc2)cc1. The summed E-state index contributed by atoms with van der Waals surface area (Å²) in [5.74, 6) is 0.227. The summed E-state index contributed by atoms with van der Waals surface area (Å²) in [6, 6.07) is 21.2. The molecule has 0 radical (unpaired) electrons. The predicted octanol–water partition coefficient (Wildman–Crippen LogP) is 8.16. The average Bonchev–Trinajstić information content (AvgIpc) is 3.40. The minimum atomic E-state index is -1.49. The second-order valence-corrected chi connectivity index (χ2v) is 28.6. The fourth-order valence-corrected chi connectivity index (χ4v) is 25.8. The van der Waals surface area contributed by atoms with Gasteiger partial charge < -0.3 is 0 Å². The molecule has 2 heteroatoms. The smallest absolute Gasteiger partial charge is 0.0238 e. The molecule has 0 heterocycles. The average molecular weight is 519 g/mol. The third kappa shape index (κ3) is 6.30. The normalized spacial score (nSPS) is 17.6. The van der Waals surface area contributed by atoms with Crippen molar-refractivity contribution in [3.63, 3.8) is 0 Å². The van der Waals surface area contributed by atoms with E-state index < -0.39 is 26.8 Å². The van der Waals surface area contributed by atoms with E-state index in [4.69, 9.17) is 0 Å². The summed E-state index contributed by atoms with van der Waals surface area (Å²) < 4.78 is 3.80. The van der Waals surface area contributed by atoms with Gasteiger partial charge in [0.2, 0.25) is 0 Å². The van der Waals surface area contributed by atoms with E-state index in [1.54, 1.807) is 16.7 Å². The van der Waals surface area contributed by atoms with Crippen molar-refractivity contribution in [1.29, 1.82) is 0 Å². The standard InChI is InChI=1S/C14H14.C9H13.C5H5.C2H7Si.Zr/c1-3-7-13(8-4-1)11-12-14-9-5-2-6-10-14;1-6-5-7(2)9(4)8(6)3;1-2-4-5-3-1;1-3-2;/h1-10H,11-12H2;6H,1-4H3;1-3H,4H2;3H,1-2H3;. The van der Waals surface area contributed by atoms with Gasteiger partial charge in [0.25, 0.3) is 0 Å². The Bertz CT molecular complexity index is 970. The van der Waals surface area contributed by atoms with Crippen LogP contribution in [0.3, 0.4) is 0 Å². The van der Waals surface area contributed by atoms with Gasteiger partial charge in [0.1, 0.15) is 0 Å². The van der Waals surface area contributed by atoms with Crippen LogP contribution < -0.4 is 0 Å². The number of hydrogen-bond donors (Lipinski definition) is 0. The van der Waals surface area contributed by atoms with Gasteiger partial charge in [-0.25, -0.2) is 0 Å². The second kappa shape index (κ2) is 12.1. The molecule has 2 aromatic carbocycles. The molecular weight excluding hydrogens is 480 g/mol. The molecule has 0 saturated heterocycles. The molecule has 0 spiro atoms. The van der Waals surface area contributed by atoms with Crippen molar-refractivity contribution < 1.29 is 20.9 Å². The molecule has 2 aliphatic rings. The first-order valence-electron chi connectivity index (χ1n) is 12.1. The first kappa shape index (κ1) is 25.1. The van der Waals surface area contributed by atoms with Crippen LogP contribution >= 0.6 is 0 Å². The van der Waals surface area contributed by atoms with Crippen LogP contribution in [0.25, 0.3) is 0 Å². The maximum absolute atomic E-state index is 2.59. The fourth-order valence-electron chi connectivity index (χ4n) is 4.88. The van der Waals surface area contributed by atoms with Crippen molar-refractivity contribution in [3.05, 3.63) is 113 Å². The first-order chi connectivity index (χ1) is 15.4. The van der Waals surface area contributed by atoms with Crippen molar-refractivity contribution in [1.82, 2.24) is 0 Å². The van der Waals surface area contributed by atoms with Crippen LogP contribution in [0, 0.1) is 5.92 Å². The minimum Gasteiger partial charge on any atom is -0.0622 e. The third-order valence-electron chi connectivity index (χ3n) is 7.01. The Kier molecular flexibility index (Phi) is 9.50. The Labute approximate surface area is 205 Å². The van der Waals surface area contributed by atoms with Crippen molar-refractivity contribution in [2.24, 2.45) is 5.92 Å². The largest absolute Gasteiger partial charge is 0.0622 e. The zero-order chi connectivity index (χ0) is 23.1. The van der Waals surface area contributed by atoms with E-state index in [9.17, 15) is 0 Å².